The van der Waals surface area contributed by atoms with Crippen LogP contribution in [0.3, 0.4) is 0 Å². The molecule has 0 spiro atoms. The molecule has 3 rings (SSSR count). The summed E-state index contributed by atoms with van der Waals surface area (Å²) in [5, 5.41) is 4.59. The minimum Gasteiger partial charge on any atom is -0.294 e. The topological polar surface area (TPSA) is 69.0 Å². The molecule has 1 aromatic heterocycles. The van der Waals surface area contributed by atoms with Crippen LogP contribution in [-0.2, 0) is 10.0 Å². The maximum atomic E-state index is 12.7. The van der Waals surface area contributed by atoms with Crippen molar-refractivity contribution in [1.29, 1.82) is 0 Å². The first-order valence-corrected chi connectivity index (χ1v) is 8.63. The highest BCUT2D eigenvalue weighted by atomic mass is 35.5. The van der Waals surface area contributed by atoms with Crippen LogP contribution in [0, 0.1) is 6.92 Å². The number of carbonyl (C=O) groups excluding carboxylic acids is 1. The van der Waals surface area contributed by atoms with Gasteiger partial charge in [0.15, 0.2) is 5.78 Å². The number of hydrogen-bond acceptors (Lipinski definition) is 4. The summed E-state index contributed by atoms with van der Waals surface area (Å²) in [6.07, 6.45) is 1.36. The van der Waals surface area contributed by atoms with E-state index in [1.54, 1.807) is 12.1 Å². The number of aryl methyl sites for hydroxylation is 1. The molecule has 118 valence electrons. The van der Waals surface area contributed by atoms with Crippen molar-refractivity contribution >= 4 is 38.3 Å². The molecule has 23 heavy (non-hydrogen) atoms. The third-order valence-corrected chi connectivity index (χ3v) is 5.60. The molecule has 7 heteroatoms. The van der Waals surface area contributed by atoms with Gasteiger partial charge in [-0.2, -0.15) is 17.6 Å². The van der Waals surface area contributed by atoms with E-state index < -0.39 is 10.0 Å². The minimum absolute atomic E-state index is 0.139. The Morgan fingerprint density at radius 2 is 1.78 bits per heavy atom. The summed E-state index contributed by atoms with van der Waals surface area (Å²) in [6.45, 7) is 3.28. The largest absolute Gasteiger partial charge is 0.294 e. The maximum Gasteiger partial charge on any atom is 0.283 e. The predicted octanol–water partition coefficient (Wildman–Crippen LogP) is 3.44. The summed E-state index contributed by atoms with van der Waals surface area (Å²) in [5.41, 5.74) is 1.63. The SMILES string of the molecule is CC(=O)c1ccc2c(cnn2S(=O)(=O)c2ccc(C)cc2)c1Cl. The number of Topliss-reactive ketones (excluding diaryl/α,β-unsaturated/α-hetero) is 1. The Morgan fingerprint density at radius 3 is 2.39 bits per heavy atom. The Balaban J connectivity index is 2.23. The van der Waals surface area contributed by atoms with E-state index in [1.807, 2.05) is 6.92 Å². The molecule has 2 aromatic carbocycles. The van der Waals surface area contributed by atoms with Crippen LogP contribution in [0.2, 0.25) is 5.02 Å². The van der Waals surface area contributed by atoms with E-state index in [9.17, 15) is 13.2 Å². The van der Waals surface area contributed by atoms with Gasteiger partial charge in [-0.25, -0.2) is 0 Å². The summed E-state index contributed by atoms with van der Waals surface area (Å²) in [4.78, 5) is 11.7. The Labute approximate surface area is 138 Å². The molecule has 0 bridgehead atoms. The zero-order chi connectivity index (χ0) is 16.8. The molecule has 0 amide bonds. The Morgan fingerprint density at radius 1 is 1.13 bits per heavy atom. The Hall–Kier alpha value is -2.18. The smallest absolute Gasteiger partial charge is 0.283 e. The van der Waals surface area contributed by atoms with Gasteiger partial charge in [0.1, 0.15) is 0 Å². The van der Waals surface area contributed by atoms with Gasteiger partial charge in [0.2, 0.25) is 0 Å². The second kappa shape index (κ2) is 5.47. The molecule has 0 aliphatic carbocycles. The second-order valence-electron chi connectivity index (χ2n) is 5.22. The van der Waals surface area contributed by atoms with Gasteiger partial charge in [-0.05, 0) is 38.1 Å². The van der Waals surface area contributed by atoms with Crippen LogP contribution in [0.1, 0.15) is 22.8 Å². The van der Waals surface area contributed by atoms with Gasteiger partial charge in [0, 0.05) is 10.9 Å². The molecule has 0 saturated heterocycles. The molecule has 0 N–H and O–H groups in total. The van der Waals surface area contributed by atoms with E-state index in [1.165, 1.54) is 37.4 Å². The van der Waals surface area contributed by atoms with E-state index in [0.29, 0.717) is 16.5 Å². The van der Waals surface area contributed by atoms with Crippen LogP contribution in [0.5, 0.6) is 0 Å². The third kappa shape index (κ3) is 2.54. The summed E-state index contributed by atoms with van der Waals surface area (Å²) >= 11 is 6.20. The molecule has 0 aliphatic rings. The number of rotatable bonds is 3. The third-order valence-electron chi connectivity index (χ3n) is 3.58. The number of nitrogens with zero attached hydrogens (tertiary/aromatic N) is 2. The standard InChI is InChI=1S/C16H13ClN2O3S/c1-10-3-5-12(6-4-10)23(21,22)19-15-8-7-13(11(2)20)16(17)14(15)9-18-19/h3-9H,1-2H3. The van der Waals surface area contributed by atoms with Gasteiger partial charge < -0.3 is 0 Å². The zero-order valence-electron chi connectivity index (χ0n) is 12.4. The average molecular weight is 349 g/mol. The van der Waals surface area contributed by atoms with Crippen molar-refractivity contribution in [3.05, 3.63) is 58.7 Å². The van der Waals surface area contributed by atoms with Crippen LogP contribution < -0.4 is 0 Å². The van der Waals surface area contributed by atoms with E-state index in [-0.39, 0.29) is 15.7 Å². The maximum absolute atomic E-state index is 12.7. The van der Waals surface area contributed by atoms with Crippen LogP contribution in [-0.4, -0.2) is 23.4 Å². The molecular formula is C16H13ClN2O3S. The number of fused-ring (bicyclic) bond motifs is 1. The summed E-state index contributed by atoms with van der Waals surface area (Å²) in [6, 6.07) is 9.55. The van der Waals surface area contributed by atoms with E-state index >= 15 is 0 Å². The first-order chi connectivity index (χ1) is 10.8. The molecular weight excluding hydrogens is 336 g/mol. The zero-order valence-corrected chi connectivity index (χ0v) is 14.0. The number of benzene rings is 2. The quantitative estimate of drug-likeness (QED) is 0.680. The number of aromatic nitrogens is 2. The van der Waals surface area contributed by atoms with Gasteiger partial charge in [0.25, 0.3) is 10.0 Å². The summed E-state index contributed by atoms with van der Waals surface area (Å²) in [5.74, 6) is -0.189. The predicted molar refractivity (Wildman–Crippen MR) is 88.5 cm³/mol. The number of ketones is 1. The molecule has 3 aromatic rings. The minimum atomic E-state index is -3.83. The normalized spacial score (nSPS) is 11.8. The van der Waals surface area contributed by atoms with Crippen molar-refractivity contribution in [3.63, 3.8) is 0 Å². The van der Waals surface area contributed by atoms with Gasteiger partial charge in [-0.1, -0.05) is 29.3 Å². The average Bonchev–Trinajstić information content (AvgIpc) is 2.93. The van der Waals surface area contributed by atoms with Crippen molar-refractivity contribution in [1.82, 2.24) is 9.19 Å². The lowest BCUT2D eigenvalue weighted by molar-refractivity contribution is 0.101. The fourth-order valence-electron chi connectivity index (χ4n) is 2.32. The first-order valence-electron chi connectivity index (χ1n) is 6.82. The lowest BCUT2D eigenvalue weighted by atomic mass is 10.1. The molecule has 1 heterocycles. The van der Waals surface area contributed by atoms with E-state index in [2.05, 4.69) is 5.10 Å². The second-order valence-corrected chi connectivity index (χ2v) is 7.37. The molecule has 5 nitrogen and oxygen atoms in total. The van der Waals surface area contributed by atoms with Crippen molar-refractivity contribution in [2.45, 2.75) is 18.7 Å². The molecule has 0 fully saturated rings. The molecule has 0 atom stereocenters. The fraction of sp³-hybridized carbons (Fsp3) is 0.125. The van der Waals surface area contributed by atoms with Crippen LogP contribution in [0.4, 0.5) is 0 Å². The highest BCUT2D eigenvalue weighted by Gasteiger charge is 2.22. The van der Waals surface area contributed by atoms with Gasteiger partial charge in [-0.15, -0.1) is 0 Å². The number of halogens is 1. The number of hydrogen-bond donors (Lipinski definition) is 0. The summed E-state index contributed by atoms with van der Waals surface area (Å²) in [7, 11) is -3.83. The van der Waals surface area contributed by atoms with E-state index in [0.717, 1.165) is 9.65 Å². The molecule has 0 radical (unpaired) electrons. The van der Waals surface area contributed by atoms with Crippen molar-refractivity contribution in [3.8, 4) is 0 Å². The van der Waals surface area contributed by atoms with Gasteiger partial charge >= 0.3 is 0 Å². The summed E-state index contributed by atoms with van der Waals surface area (Å²) < 4.78 is 26.4. The van der Waals surface area contributed by atoms with Crippen LogP contribution >= 0.6 is 11.6 Å². The van der Waals surface area contributed by atoms with Crippen LogP contribution in [0.25, 0.3) is 10.9 Å². The molecule has 0 aliphatic heterocycles. The van der Waals surface area contributed by atoms with Crippen molar-refractivity contribution < 1.29 is 13.2 Å². The fourth-order valence-corrected chi connectivity index (χ4v) is 3.93. The van der Waals surface area contributed by atoms with Crippen molar-refractivity contribution in [2.75, 3.05) is 0 Å². The lowest BCUT2D eigenvalue weighted by Gasteiger charge is -2.07. The highest BCUT2D eigenvalue weighted by Crippen LogP contribution is 2.29. The van der Waals surface area contributed by atoms with Crippen LogP contribution in [0.15, 0.2) is 47.5 Å². The molecule has 0 unspecified atom stereocenters. The van der Waals surface area contributed by atoms with Crippen molar-refractivity contribution in [2.24, 2.45) is 0 Å². The lowest BCUT2D eigenvalue weighted by Crippen LogP contribution is -2.14. The first kappa shape index (κ1) is 15.7. The monoisotopic (exact) mass is 348 g/mol. The molecule has 0 saturated carbocycles. The van der Waals surface area contributed by atoms with Gasteiger partial charge in [0.05, 0.1) is 21.6 Å². The number of carbonyl (C=O) groups is 1. The Bertz CT molecular complexity index is 1020. The van der Waals surface area contributed by atoms with Gasteiger partial charge in [-0.3, -0.25) is 4.79 Å². The highest BCUT2D eigenvalue weighted by molar-refractivity contribution is 7.90. The Kier molecular flexibility index (Phi) is 3.74. The van der Waals surface area contributed by atoms with E-state index in [4.69, 9.17) is 11.6 Å².